The fourth-order valence-corrected chi connectivity index (χ4v) is 9.76. The molecule has 3 heterocycles. The summed E-state index contributed by atoms with van der Waals surface area (Å²) in [5.74, 6) is -8.64. The summed E-state index contributed by atoms with van der Waals surface area (Å²) in [5, 5.41) is 22.1. The number of carbonyl (C=O) groups is 10. The number of nitrogens with one attached hydrogen (secondary N) is 9. The largest absolute Gasteiger partial charge is 0.374 e. The molecule has 10 amide bonds. The Kier molecular flexibility index (Phi) is 24.5. The van der Waals surface area contributed by atoms with Crippen LogP contribution in [0.3, 0.4) is 0 Å². The Morgan fingerprint density at radius 3 is 1.85 bits per heavy atom. The highest BCUT2D eigenvalue weighted by Crippen LogP contribution is 2.21. The number of para-hydroxylation sites is 1. The third-order valence-corrected chi connectivity index (χ3v) is 14.2. The van der Waals surface area contributed by atoms with E-state index in [4.69, 9.17) is 33.4 Å². The first-order valence-electron chi connectivity index (χ1n) is 28.0. The first-order valence-corrected chi connectivity index (χ1v) is 28.0. The third-order valence-electron chi connectivity index (χ3n) is 14.2. The van der Waals surface area contributed by atoms with Gasteiger partial charge in [-0.05, 0) is 67.7 Å². The predicted molar refractivity (Wildman–Crippen MR) is 313 cm³/mol. The zero-order valence-corrected chi connectivity index (χ0v) is 47.3. The van der Waals surface area contributed by atoms with Crippen LogP contribution in [0.1, 0.15) is 75.0 Å². The maximum absolute atomic E-state index is 14.8. The topological polar surface area (TPSA) is 450 Å². The highest BCUT2D eigenvalue weighted by atomic mass is 16.5. The van der Waals surface area contributed by atoms with E-state index in [-0.39, 0.29) is 96.1 Å². The second-order valence-corrected chi connectivity index (χ2v) is 20.7. The molecular weight excluding hydrogens is 1100 g/mol. The number of nitrogens with zero attached hydrogens (tertiary/aromatic N) is 3. The Morgan fingerprint density at radius 1 is 0.624 bits per heavy atom. The first kappa shape index (κ1) is 64.6. The Morgan fingerprint density at radius 2 is 1.19 bits per heavy atom. The van der Waals surface area contributed by atoms with Crippen molar-refractivity contribution in [3.8, 4) is 0 Å². The van der Waals surface area contributed by atoms with Crippen molar-refractivity contribution < 1.29 is 52.7 Å². The van der Waals surface area contributed by atoms with Crippen LogP contribution in [0, 0.1) is 0 Å². The Labute approximate surface area is 490 Å². The van der Waals surface area contributed by atoms with Gasteiger partial charge in [0.05, 0.1) is 26.2 Å². The summed E-state index contributed by atoms with van der Waals surface area (Å²) in [6.45, 7) is 0.525. The predicted octanol–water partition coefficient (Wildman–Crippen LogP) is -2.92. The molecule has 456 valence electrons. The zero-order chi connectivity index (χ0) is 61.4. The number of hydrogen-bond acceptors (Lipinski definition) is 13. The van der Waals surface area contributed by atoms with E-state index in [9.17, 15) is 47.9 Å². The van der Waals surface area contributed by atoms with E-state index >= 15 is 0 Å². The molecule has 85 heavy (non-hydrogen) atoms. The first-order chi connectivity index (χ1) is 40.8. The molecule has 4 aromatic rings. The van der Waals surface area contributed by atoms with E-state index in [0.29, 0.717) is 23.1 Å². The number of aliphatic imine (C=N–C) groups is 2. The number of amides is 10. The summed E-state index contributed by atoms with van der Waals surface area (Å²) in [6.07, 6.45) is 1.66. The molecule has 28 nitrogen and oxygen atoms in total. The van der Waals surface area contributed by atoms with Crippen LogP contribution < -0.4 is 71.2 Å². The van der Waals surface area contributed by atoms with Crippen LogP contribution in [0.2, 0.25) is 0 Å². The second kappa shape index (κ2) is 32.3. The van der Waals surface area contributed by atoms with E-state index < -0.39 is 120 Å². The minimum absolute atomic E-state index is 0.00562. The Bertz CT molecular complexity index is 3040. The van der Waals surface area contributed by atoms with Gasteiger partial charge in [0.1, 0.15) is 48.3 Å². The maximum atomic E-state index is 14.8. The van der Waals surface area contributed by atoms with Gasteiger partial charge in [-0.2, -0.15) is 0 Å². The highest BCUT2D eigenvalue weighted by Gasteiger charge is 2.41. The SMILES string of the molecule is CC(=O)N1C[C@H](C(=O)N[C@H]2CC(=O)NCCCC[C@@H](C(N)=O)NC(=O)[C@H](Cc3c[nH]c4ccccc34)NC(=O)[C@H](CCCN=C(N)N)NC(=O)[C@@H](Cc3ccccc3)NC(=O)[C@H](COCc3ccccc3)NC2=O)NC(=O)[C@@H]1CCCN=C(N)N. The van der Waals surface area contributed by atoms with Crippen LogP contribution in [0.15, 0.2) is 101 Å². The van der Waals surface area contributed by atoms with Crippen molar-refractivity contribution in [2.75, 3.05) is 32.8 Å². The number of guanidine groups is 2. The molecule has 19 N–H and O–H groups in total. The third kappa shape index (κ3) is 20.4. The van der Waals surface area contributed by atoms with Crippen molar-refractivity contribution in [2.45, 2.75) is 126 Å². The summed E-state index contributed by atoms with van der Waals surface area (Å²) in [5.41, 5.74) is 30.6. The molecule has 0 aliphatic carbocycles. The standard InChI is InChI=1S/C57H77N17O11/c1-33(75)74-30-44(72-55(84)46(74)22-13-25-65-57(61)62)53(82)71-43-28-47(76)63-23-11-10-20-39(48(58)77)67-51(80)42(27-36-29-66-38-19-9-8-18-37(36)38)70-49(78)40(21-12-24-64-56(59)60)68-50(79)41(26-34-14-4-2-5-15-34)69-54(83)45(73-52(43)81)32-85-31-35-16-6-3-7-17-35/h2-9,14-19,29,39-46,66H,10-13,20-28,30-32H2,1H3,(H2,58,77)(H,63,76)(H,67,80)(H,68,79)(H,69,83)(H,70,78)(H,71,82)(H,72,84)(H,73,81)(H4,59,60,64)(H4,61,62,65)/t39-,40-,41+,42-,43-,44+,45-,46-/m0/s1. The number of nitrogens with two attached hydrogens (primary N) is 5. The van der Waals surface area contributed by atoms with Crippen LogP contribution in [0.5, 0.6) is 0 Å². The Balaban J connectivity index is 1.35. The van der Waals surface area contributed by atoms with Gasteiger partial charge in [0, 0.05) is 56.5 Å². The highest BCUT2D eigenvalue weighted by molar-refractivity contribution is 6.00. The number of fused-ring (bicyclic) bond motifs is 1. The molecule has 0 spiro atoms. The smallest absolute Gasteiger partial charge is 0.245 e. The maximum Gasteiger partial charge on any atom is 0.245 e. The van der Waals surface area contributed by atoms with E-state index in [1.54, 1.807) is 66.9 Å². The average molecular weight is 1180 g/mol. The van der Waals surface area contributed by atoms with Crippen molar-refractivity contribution in [2.24, 2.45) is 38.7 Å². The van der Waals surface area contributed by atoms with Crippen molar-refractivity contribution in [3.05, 3.63) is 108 Å². The van der Waals surface area contributed by atoms with Gasteiger partial charge in [0.2, 0.25) is 59.1 Å². The van der Waals surface area contributed by atoms with E-state index in [2.05, 4.69) is 57.5 Å². The zero-order valence-electron chi connectivity index (χ0n) is 47.3. The van der Waals surface area contributed by atoms with Gasteiger partial charge >= 0.3 is 0 Å². The number of hydrogen-bond donors (Lipinski definition) is 14. The lowest BCUT2D eigenvalue weighted by Crippen LogP contribution is -2.66. The van der Waals surface area contributed by atoms with Crippen LogP contribution >= 0.6 is 0 Å². The molecule has 8 atom stereocenters. The van der Waals surface area contributed by atoms with Crippen LogP contribution in [0.4, 0.5) is 0 Å². The number of ether oxygens (including phenoxy) is 1. The number of carbonyl (C=O) groups excluding carboxylic acids is 10. The summed E-state index contributed by atoms with van der Waals surface area (Å²) in [7, 11) is 0. The quantitative estimate of drug-likeness (QED) is 0.0254. The number of piperazine rings is 1. The number of aromatic nitrogens is 1. The molecule has 6 rings (SSSR count). The normalized spacial score (nSPS) is 22.4. The van der Waals surface area contributed by atoms with Gasteiger partial charge < -0.3 is 85.8 Å². The summed E-state index contributed by atoms with van der Waals surface area (Å²) in [4.78, 5) is 153. The Hall–Kier alpha value is -9.60. The van der Waals surface area contributed by atoms with Crippen molar-refractivity contribution in [1.29, 1.82) is 0 Å². The van der Waals surface area contributed by atoms with Gasteiger partial charge in [-0.1, -0.05) is 78.9 Å². The molecule has 2 fully saturated rings. The molecule has 28 heteroatoms. The lowest BCUT2D eigenvalue weighted by Gasteiger charge is -2.38. The molecule has 1 aromatic heterocycles. The fraction of sp³-hybridized carbons (Fsp3) is 0.439. The minimum Gasteiger partial charge on any atom is -0.374 e. The van der Waals surface area contributed by atoms with Crippen molar-refractivity contribution in [3.63, 3.8) is 0 Å². The molecule has 0 saturated carbocycles. The summed E-state index contributed by atoms with van der Waals surface area (Å²) >= 11 is 0. The van der Waals surface area contributed by atoms with Crippen LogP contribution in [-0.2, 0) is 72.1 Å². The number of H-pyrrole nitrogens is 1. The van der Waals surface area contributed by atoms with Crippen molar-refractivity contribution >= 4 is 81.9 Å². The summed E-state index contributed by atoms with van der Waals surface area (Å²) in [6, 6.07) is 13.5. The molecule has 0 radical (unpaired) electrons. The van der Waals surface area contributed by atoms with Crippen LogP contribution in [-0.4, -0.2) is 162 Å². The molecule has 0 unspecified atom stereocenters. The average Bonchev–Trinajstić information content (AvgIpc) is 4.07. The van der Waals surface area contributed by atoms with E-state index in [0.717, 1.165) is 10.9 Å². The molecule has 3 aromatic carbocycles. The number of benzene rings is 3. The van der Waals surface area contributed by atoms with Crippen molar-refractivity contribution in [1.82, 2.24) is 52.4 Å². The monoisotopic (exact) mass is 1180 g/mol. The van der Waals surface area contributed by atoms with Gasteiger partial charge in [-0.15, -0.1) is 0 Å². The molecular formula is C57H77N17O11. The van der Waals surface area contributed by atoms with Gasteiger partial charge in [0.15, 0.2) is 11.9 Å². The lowest BCUT2D eigenvalue weighted by atomic mass is 10.0. The lowest BCUT2D eigenvalue weighted by molar-refractivity contribution is -0.146. The van der Waals surface area contributed by atoms with Crippen LogP contribution in [0.25, 0.3) is 10.9 Å². The minimum atomic E-state index is -1.74. The van der Waals surface area contributed by atoms with E-state index in [1.165, 1.54) is 11.8 Å². The number of primary amides is 1. The molecule has 0 bridgehead atoms. The van der Waals surface area contributed by atoms with Gasteiger partial charge in [0.25, 0.3) is 0 Å². The fourth-order valence-electron chi connectivity index (χ4n) is 9.76. The van der Waals surface area contributed by atoms with Gasteiger partial charge in [-0.25, -0.2) is 0 Å². The number of rotatable bonds is 19. The molecule has 2 saturated heterocycles. The second-order valence-electron chi connectivity index (χ2n) is 20.7. The molecule has 2 aliphatic heterocycles. The van der Waals surface area contributed by atoms with E-state index in [1.807, 2.05) is 24.3 Å². The van der Waals surface area contributed by atoms with Gasteiger partial charge in [-0.3, -0.25) is 57.9 Å². The molecule has 2 aliphatic rings. The number of aromatic amines is 1. The summed E-state index contributed by atoms with van der Waals surface area (Å²) < 4.78 is 6.00.